The van der Waals surface area contributed by atoms with Crippen molar-refractivity contribution in [2.45, 2.75) is 51.5 Å². The van der Waals surface area contributed by atoms with Gasteiger partial charge in [0, 0.05) is 42.9 Å². The summed E-state index contributed by atoms with van der Waals surface area (Å²) >= 11 is 6.21. The van der Waals surface area contributed by atoms with Crippen molar-refractivity contribution in [1.29, 1.82) is 0 Å². The van der Waals surface area contributed by atoms with Gasteiger partial charge in [0.25, 0.3) is 0 Å². The summed E-state index contributed by atoms with van der Waals surface area (Å²) in [7, 11) is 0. The van der Waals surface area contributed by atoms with Crippen molar-refractivity contribution >= 4 is 28.9 Å². The van der Waals surface area contributed by atoms with E-state index in [0.717, 1.165) is 17.9 Å². The predicted octanol–water partition coefficient (Wildman–Crippen LogP) is 3.79. The van der Waals surface area contributed by atoms with Gasteiger partial charge in [-0.2, -0.15) is 4.98 Å². The topological polar surface area (TPSA) is 62.5 Å². The number of anilines is 2. The van der Waals surface area contributed by atoms with E-state index in [9.17, 15) is 4.79 Å². The standard InChI is InChI=1S/C19H23ClN4O2/c1-12(2)19-21-17(26-22-19)7-8-18(25)24-10-9-23(14-4-5-14)15-6-3-13(20)11-16(15)24/h3,6,11-12,14H,4-5,7-10H2,1-2H3. The summed E-state index contributed by atoms with van der Waals surface area (Å²) in [6.07, 6.45) is 3.25. The number of benzene rings is 1. The Morgan fingerprint density at radius 2 is 2.12 bits per heavy atom. The van der Waals surface area contributed by atoms with E-state index in [0.29, 0.717) is 42.2 Å². The molecule has 2 aromatic rings. The zero-order valence-corrected chi connectivity index (χ0v) is 15.9. The number of aromatic nitrogens is 2. The number of nitrogens with zero attached hydrogens (tertiary/aromatic N) is 4. The maximum Gasteiger partial charge on any atom is 0.227 e. The first-order chi connectivity index (χ1) is 12.5. The summed E-state index contributed by atoms with van der Waals surface area (Å²) in [5.74, 6) is 1.48. The molecule has 6 nitrogen and oxygen atoms in total. The van der Waals surface area contributed by atoms with E-state index in [1.165, 1.54) is 12.8 Å². The van der Waals surface area contributed by atoms with Crippen LogP contribution in [0.3, 0.4) is 0 Å². The van der Waals surface area contributed by atoms with Gasteiger partial charge in [-0.05, 0) is 31.0 Å². The van der Waals surface area contributed by atoms with Gasteiger partial charge >= 0.3 is 0 Å². The van der Waals surface area contributed by atoms with Crippen LogP contribution in [0.15, 0.2) is 22.7 Å². The second-order valence-electron chi connectivity index (χ2n) is 7.30. The van der Waals surface area contributed by atoms with Crippen molar-refractivity contribution in [2.75, 3.05) is 22.9 Å². The number of hydrogen-bond acceptors (Lipinski definition) is 5. The molecule has 1 saturated carbocycles. The lowest BCUT2D eigenvalue weighted by Gasteiger charge is -2.38. The van der Waals surface area contributed by atoms with Crippen LogP contribution in [0.4, 0.5) is 11.4 Å². The largest absolute Gasteiger partial charge is 0.365 e. The van der Waals surface area contributed by atoms with Gasteiger partial charge < -0.3 is 14.3 Å². The number of halogens is 1. The lowest BCUT2D eigenvalue weighted by Crippen LogP contribution is -2.45. The number of aryl methyl sites for hydroxylation is 1. The molecule has 2 heterocycles. The summed E-state index contributed by atoms with van der Waals surface area (Å²) in [5.41, 5.74) is 2.02. The van der Waals surface area contributed by atoms with Crippen molar-refractivity contribution < 1.29 is 9.32 Å². The third-order valence-corrected chi connectivity index (χ3v) is 5.18. The molecule has 1 aromatic heterocycles. The van der Waals surface area contributed by atoms with Crippen LogP contribution in [0.1, 0.15) is 50.7 Å². The number of carbonyl (C=O) groups excluding carboxylic acids is 1. The lowest BCUT2D eigenvalue weighted by molar-refractivity contribution is -0.118. The second kappa shape index (κ2) is 6.91. The molecular formula is C19H23ClN4O2. The van der Waals surface area contributed by atoms with Gasteiger partial charge in [0.2, 0.25) is 11.8 Å². The van der Waals surface area contributed by atoms with Gasteiger partial charge in [-0.3, -0.25) is 4.79 Å². The number of carbonyl (C=O) groups is 1. The third kappa shape index (κ3) is 3.43. The minimum absolute atomic E-state index is 0.0632. The van der Waals surface area contributed by atoms with E-state index < -0.39 is 0 Å². The van der Waals surface area contributed by atoms with Crippen molar-refractivity contribution in [3.63, 3.8) is 0 Å². The summed E-state index contributed by atoms with van der Waals surface area (Å²) in [4.78, 5) is 21.5. The number of fused-ring (bicyclic) bond motifs is 1. The number of rotatable bonds is 5. The Balaban J connectivity index is 1.48. The van der Waals surface area contributed by atoms with Crippen LogP contribution >= 0.6 is 11.6 Å². The molecule has 7 heteroatoms. The molecule has 1 aliphatic carbocycles. The van der Waals surface area contributed by atoms with E-state index in [1.54, 1.807) is 0 Å². The molecule has 1 aliphatic heterocycles. The first-order valence-corrected chi connectivity index (χ1v) is 9.60. The lowest BCUT2D eigenvalue weighted by atomic mass is 10.1. The van der Waals surface area contributed by atoms with Gasteiger partial charge in [-0.25, -0.2) is 0 Å². The van der Waals surface area contributed by atoms with E-state index in [-0.39, 0.29) is 11.8 Å². The molecule has 0 atom stereocenters. The monoisotopic (exact) mass is 374 g/mol. The average Bonchev–Trinajstić information content (AvgIpc) is 3.35. The van der Waals surface area contributed by atoms with Gasteiger partial charge in [-0.15, -0.1) is 0 Å². The minimum Gasteiger partial charge on any atom is -0.365 e. The molecule has 1 fully saturated rings. The van der Waals surface area contributed by atoms with Gasteiger partial charge in [0.15, 0.2) is 5.82 Å². The molecule has 0 unspecified atom stereocenters. The summed E-state index contributed by atoms with van der Waals surface area (Å²) in [6.45, 7) is 5.58. The summed E-state index contributed by atoms with van der Waals surface area (Å²) in [5, 5.41) is 4.61. The van der Waals surface area contributed by atoms with Gasteiger partial charge in [-0.1, -0.05) is 30.6 Å². The van der Waals surface area contributed by atoms with Crippen LogP contribution < -0.4 is 9.80 Å². The maximum absolute atomic E-state index is 12.9. The molecule has 0 spiro atoms. The van der Waals surface area contributed by atoms with E-state index in [4.69, 9.17) is 16.1 Å². The molecule has 0 radical (unpaired) electrons. The normalized spacial score (nSPS) is 16.9. The van der Waals surface area contributed by atoms with E-state index in [2.05, 4.69) is 15.0 Å². The van der Waals surface area contributed by atoms with E-state index in [1.807, 2.05) is 36.9 Å². The Morgan fingerprint density at radius 3 is 2.81 bits per heavy atom. The smallest absolute Gasteiger partial charge is 0.227 e. The molecule has 0 bridgehead atoms. The molecule has 1 aromatic carbocycles. The van der Waals surface area contributed by atoms with E-state index >= 15 is 0 Å². The zero-order valence-electron chi connectivity index (χ0n) is 15.1. The highest BCUT2D eigenvalue weighted by Gasteiger charge is 2.35. The Bertz CT molecular complexity index is 816. The molecule has 26 heavy (non-hydrogen) atoms. The van der Waals surface area contributed by atoms with Crippen LogP contribution in [0, 0.1) is 0 Å². The maximum atomic E-state index is 12.9. The summed E-state index contributed by atoms with van der Waals surface area (Å²) in [6, 6.07) is 6.44. The predicted molar refractivity (Wildman–Crippen MR) is 101 cm³/mol. The highest BCUT2D eigenvalue weighted by Crippen LogP contribution is 2.41. The van der Waals surface area contributed by atoms with Gasteiger partial charge in [0.05, 0.1) is 11.4 Å². The van der Waals surface area contributed by atoms with Crippen LogP contribution in [-0.2, 0) is 11.2 Å². The van der Waals surface area contributed by atoms with Crippen LogP contribution in [0.2, 0.25) is 5.02 Å². The number of amides is 1. The van der Waals surface area contributed by atoms with Crippen LogP contribution in [-0.4, -0.2) is 35.2 Å². The van der Waals surface area contributed by atoms with Crippen molar-refractivity contribution in [3.05, 3.63) is 34.9 Å². The molecule has 4 rings (SSSR count). The first-order valence-electron chi connectivity index (χ1n) is 9.22. The molecular weight excluding hydrogens is 352 g/mol. The third-order valence-electron chi connectivity index (χ3n) is 4.94. The molecule has 138 valence electrons. The average molecular weight is 375 g/mol. The fourth-order valence-electron chi connectivity index (χ4n) is 3.38. The highest BCUT2D eigenvalue weighted by molar-refractivity contribution is 6.31. The van der Waals surface area contributed by atoms with Crippen molar-refractivity contribution in [1.82, 2.24) is 10.1 Å². The minimum atomic E-state index is 0.0632. The second-order valence-corrected chi connectivity index (χ2v) is 7.74. The Kier molecular flexibility index (Phi) is 4.61. The Morgan fingerprint density at radius 1 is 1.31 bits per heavy atom. The molecule has 0 saturated heterocycles. The van der Waals surface area contributed by atoms with Gasteiger partial charge in [0.1, 0.15) is 0 Å². The molecule has 1 amide bonds. The van der Waals surface area contributed by atoms with Crippen molar-refractivity contribution in [2.24, 2.45) is 0 Å². The highest BCUT2D eigenvalue weighted by atomic mass is 35.5. The van der Waals surface area contributed by atoms with Crippen LogP contribution in [0.25, 0.3) is 0 Å². The first kappa shape index (κ1) is 17.3. The fraction of sp³-hybridized carbons (Fsp3) is 0.526. The SMILES string of the molecule is CC(C)c1noc(CCC(=O)N2CCN(C3CC3)c3ccc(Cl)cc32)n1. The number of hydrogen-bond donors (Lipinski definition) is 0. The zero-order chi connectivity index (χ0) is 18.3. The molecule has 2 aliphatic rings. The van der Waals surface area contributed by atoms with Crippen LogP contribution in [0.5, 0.6) is 0 Å². The quantitative estimate of drug-likeness (QED) is 0.796. The Labute approximate surface area is 158 Å². The fourth-order valence-corrected chi connectivity index (χ4v) is 3.55. The summed E-state index contributed by atoms with van der Waals surface area (Å²) < 4.78 is 5.25. The van der Waals surface area contributed by atoms with Crippen molar-refractivity contribution in [3.8, 4) is 0 Å². The Hall–Kier alpha value is -2.08. The molecule has 0 N–H and O–H groups in total.